The van der Waals surface area contributed by atoms with Gasteiger partial charge in [0, 0.05) is 13.0 Å². The molecule has 0 unspecified atom stereocenters. The van der Waals surface area contributed by atoms with E-state index in [-0.39, 0.29) is 18.2 Å². The van der Waals surface area contributed by atoms with E-state index in [1.165, 1.54) is 7.11 Å². The second-order valence-corrected chi connectivity index (χ2v) is 4.15. The van der Waals surface area contributed by atoms with Crippen LogP contribution in [0.5, 0.6) is 0 Å². The quantitative estimate of drug-likeness (QED) is 0.794. The minimum Gasteiger partial charge on any atom is -0.465 e. The molecule has 0 amide bonds. The maximum absolute atomic E-state index is 11.4. The summed E-state index contributed by atoms with van der Waals surface area (Å²) in [7, 11) is 1.36. The van der Waals surface area contributed by atoms with E-state index >= 15 is 0 Å². The van der Waals surface area contributed by atoms with Crippen molar-refractivity contribution >= 4 is 5.97 Å². The Morgan fingerprint density at radius 3 is 3.06 bits per heavy atom. The lowest BCUT2D eigenvalue weighted by atomic mass is 9.98. The largest absolute Gasteiger partial charge is 0.465 e. The maximum Gasteiger partial charge on any atom is 0.337 e. The number of carbonyl (C=O) groups is 1. The molecule has 1 heterocycles. The van der Waals surface area contributed by atoms with Gasteiger partial charge in [0.15, 0.2) is 0 Å². The highest BCUT2D eigenvalue weighted by atomic mass is 16.5. The first-order valence-electron chi connectivity index (χ1n) is 5.68. The van der Waals surface area contributed by atoms with Gasteiger partial charge in [0.1, 0.15) is 0 Å². The van der Waals surface area contributed by atoms with E-state index in [2.05, 4.69) is 4.74 Å². The molecule has 0 spiro atoms. The number of hydrogen-bond acceptors (Lipinski definition) is 4. The third kappa shape index (κ3) is 2.84. The van der Waals surface area contributed by atoms with E-state index in [1.54, 1.807) is 18.2 Å². The number of benzene rings is 1. The van der Waals surface area contributed by atoms with Crippen LogP contribution in [0.1, 0.15) is 34.9 Å². The van der Waals surface area contributed by atoms with Gasteiger partial charge in [-0.3, -0.25) is 0 Å². The molecule has 17 heavy (non-hydrogen) atoms. The van der Waals surface area contributed by atoms with Crippen molar-refractivity contribution in [3.05, 3.63) is 35.4 Å². The fourth-order valence-corrected chi connectivity index (χ4v) is 2.00. The number of carbonyl (C=O) groups excluding carboxylic acids is 1. The zero-order valence-corrected chi connectivity index (χ0v) is 9.76. The van der Waals surface area contributed by atoms with Gasteiger partial charge in [-0.2, -0.15) is 0 Å². The third-order valence-corrected chi connectivity index (χ3v) is 2.94. The molecule has 1 N–H and O–H groups in total. The van der Waals surface area contributed by atoms with Gasteiger partial charge >= 0.3 is 5.97 Å². The maximum atomic E-state index is 11.4. The molecule has 0 aliphatic carbocycles. The lowest BCUT2D eigenvalue weighted by Crippen LogP contribution is -2.23. The summed E-state index contributed by atoms with van der Waals surface area (Å²) in [6.45, 7) is 0.550. The van der Waals surface area contributed by atoms with Gasteiger partial charge in [-0.05, 0) is 24.1 Å². The molecule has 4 heteroatoms. The third-order valence-electron chi connectivity index (χ3n) is 2.94. The number of aliphatic hydroxyl groups is 1. The average Bonchev–Trinajstić information content (AvgIpc) is 2.38. The highest BCUT2D eigenvalue weighted by Crippen LogP contribution is 2.28. The topological polar surface area (TPSA) is 55.8 Å². The number of ether oxygens (including phenoxy) is 2. The zero-order valence-electron chi connectivity index (χ0n) is 9.76. The molecule has 2 rings (SSSR count). The van der Waals surface area contributed by atoms with Crippen molar-refractivity contribution in [3.63, 3.8) is 0 Å². The van der Waals surface area contributed by atoms with Crippen LogP contribution in [0.3, 0.4) is 0 Å². The number of methoxy groups -OCH3 is 1. The van der Waals surface area contributed by atoms with Crippen LogP contribution in [-0.2, 0) is 9.47 Å². The molecule has 2 atom stereocenters. The summed E-state index contributed by atoms with van der Waals surface area (Å²) in [5.74, 6) is -0.358. The molecule has 0 radical (unpaired) electrons. The summed E-state index contributed by atoms with van der Waals surface area (Å²) in [4.78, 5) is 11.4. The van der Waals surface area contributed by atoms with E-state index in [0.29, 0.717) is 25.0 Å². The summed E-state index contributed by atoms with van der Waals surface area (Å²) >= 11 is 0. The molecule has 1 fully saturated rings. The van der Waals surface area contributed by atoms with Gasteiger partial charge in [-0.15, -0.1) is 0 Å². The van der Waals surface area contributed by atoms with Crippen LogP contribution in [0.15, 0.2) is 24.3 Å². The van der Waals surface area contributed by atoms with Crippen LogP contribution in [0.25, 0.3) is 0 Å². The van der Waals surface area contributed by atoms with E-state index in [1.807, 2.05) is 6.07 Å². The van der Waals surface area contributed by atoms with Crippen LogP contribution >= 0.6 is 0 Å². The Bertz CT molecular complexity index is 402. The number of rotatable bonds is 2. The van der Waals surface area contributed by atoms with Crippen molar-refractivity contribution in [2.75, 3.05) is 13.7 Å². The lowest BCUT2D eigenvalue weighted by molar-refractivity contribution is -0.0448. The van der Waals surface area contributed by atoms with E-state index < -0.39 is 0 Å². The van der Waals surface area contributed by atoms with Crippen molar-refractivity contribution in [2.24, 2.45) is 0 Å². The first kappa shape index (κ1) is 12.1. The Labute approximate surface area is 100 Å². The Hall–Kier alpha value is -1.39. The average molecular weight is 236 g/mol. The molecule has 4 nitrogen and oxygen atoms in total. The van der Waals surface area contributed by atoms with Crippen molar-refractivity contribution in [1.82, 2.24) is 0 Å². The zero-order chi connectivity index (χ0) is 12.3. The van der Waals surface area contributed by atoms with Crippen LogP contribution in [0, 0.1) is 0 Å². The van der Waals surface area contributed by atoms with Gasteiger partial charge in [-0.1, -0.05) is 12.1 Å². The molecule has 1 aliphatic rings. The van der Waals surface area contributed by atoms with Crippen molar-refractivity contribution in [2.45, 2.75) is 25.0 Å². The summed E-state index contributed by atoms with van der Waals surface area (Å²) in [5.41, 5.74) is 1.42. The van der Waals surface area contributed by atoms with E-state index in [4.69, 9.17) is 4.74 Å². The number of esters is 1. The summed E-state index contributed by atoms with van der Waals surface area (Å²) in [6, 6.07) is 7.16. The summed E-state index contributed by atoms with van der Waals surface area (Å²) in [5, 5.41) is 9.59. The highest BCUT2D eigenvalue weighted by Gasteiger charge is 2.22. The van der Waals surface area contributed by atoms with Crippen molar-refractivity contribution in [3.8, 4) is 0 Å². The Balaban J connectivity index is 2.17. The molecule has 0 aromatic heterocycles. The second-order valence-electron chi connectivity index (χ2n) is 4.15. The van der Waals surface area contributed by atoms with Crippen LogP contribution in [0.4, 0.5) is 0 Å². The van der Waals surface area contributed by atoms with Crippen molar-refractivity contribution < 1.29 is 19.4 Å². The van der Waals surface area contributed by atoms with Crippen molar-refractivity contribution in [1.29, 1.82) is 0 Å². The minimum atomic E-state index is -0.358. The molecule has 1 aliphatic heterocycles. The minimum absolute atomic E-state index is 0.136. The van der Waals surface area contributed by atoms with Crippen LogP contribution in [-0.4, -0.2) is 30.9 Å². The summed E-state index contributed by atoms with van der Waals surface area (Å²) < 4.78 is 10.3. The first-order chi connectivity index (χ1) is 8.20. The molecular weight excluding hydrogens is 220 g/mol. The first-order valence-corrected chi connectivity index (χ1v) is 5.68. The fraction of sp³-hybridized carbons (Fsp3) is 0.462. The Morgan fingerprint density at radius 2 is 2.35 bits per heavy atom. The molecule has 0 bridgehead atoms. The predicted octanol–water partition coefficient (Wildman–Crippen LogP) is 1.69. The molecule has 1 aromatic rings. The molecule has 1 aromatic carbocycles. The number of hydrogen-bond donors (Lipinski definition) is 1. The highest BCUT2D eigenvalue weighted by molar-refractivity contribution is 5.89. The summed E-state index contributed by atoms with van der Waals surface area (Å²) in [6.07, 6.45) is 0.788. The Kier molecular flexibility index (Phi) is 3.76. The fourth-order valence-electron chi connectivity index (χ4n) is 2.00. The molecule has 92 valence electrons. The normalized spacial score (nSPS) is 24.4. The standard InChI is InChI=1S/C13H16O4/c1-16-13(15)10-4-2-3-9(7-10)12-8-11(14)5-6-17-12/h2-4,7,11-12,14H,5-6,8H2,1H3/t11-,12+/m0/s1. The van der Waals surface area contributed by atoms with Gasteiger partial charge in [0.2, 0.25) is 0 Å². The van der Waals surface area contributed by atoms with Crippen LogP contribution < -0.4 is 0 Å². The molecular formula is C13H16O4. The van der Waals surface area contributed by atoms with E-state index in [0.717, 1.165) is 5.56 Å². The van der Waals surface area contributed by atoms with Gasteiger partial charge in [0.05, 0.1) is 24.9 Å². The molecule has 0 saturated carbocycles. The number of aliphatic hydroxyl groups excluding tert-OH is 1. The predicted molar refractivity (Wildman–Crippen MR) is 61.7 cm³/mol. The Morgan fingerprint density at radius 1 is 1.53 bits per heavy atom. The lowest BCUT2D eigenvalue weighted by Gasteiger charge is -2.26. The monoisotopic (exact) mass is 236 g/mol. The molecule has 1 saturated heterocycles. The van der Waals surface area contributed by atoms with E-state index in [9.17, 15) is 9.90 Å². The van der Waals surface area contributed by atoms with Crippen LogP contribution in [0.2, 0.25) is 0 Å². The SMILES string of the molecule is COC(=O)c1cccc([C@H]2C[C@@H](O)CCO2)c1. The van der Waals surface area contributed by atoms with Gasteiger partial charge in [-0.25, -0.2) is 4.79 Å². The van der Waals surface area contributed by atoms with Gasteiger partial charge < -0.3 is 14.6 Å². The smallest absolute Gasteiger partial charge is 0.337 e. The van der Waals surface area contributed by atoms with Gasteiger partial charge in [0.25, 0.3) is 0 Å². The second kappa shape index (κ2) is 5.29.